The molecule has 0 atom stereocenters. The lowest BCUT2D eigenvalue weighted by Crippen LogP contribution is -2.28. The molecular weight excluding hydrogens is 1040 g/mol. The standard InChI is InChI=1S/C84H56N2/c1-4-22-63(23-5-1)83(77-32-16-12-28-71(77)72-29-13-17-33-78(72)83)65-43-36-58(37-44-65)61-41-52-81-75(55-61)76-56-62(42-53-82(76)86(81)67-26-8-3-9-27-67)59-38-47-68(48-39-59)85(70-49-40-57-20-10-11-21-60(57)54-70)69-50-45-66(46-51-69)84(64-24-6-2-7-25-64)79-34-18-14-30-73(79)74-31-15-19-35-80(74)84/h1-56H. The van der Waals surface area contributed by atoms with Crippen molar-refractivity contribution in [2.24, 2.45) is 0 Å². The first-order chi connectivity index (χ1) is 42.6. The lowest BCUT2D eigenvalue weighted by molar-refractivity contribution is 0.768. The van der Waals surface area contributed by atoms with E-state index in [-0.39, 0.29) is 0 Å². The van der Waals surface area contributed by atoms with Crippen molar-refractivity contribution >= 4 is 49.6 Å². The molecule has 0 aliphatic heterocycles. The van der Waals surface area contributed by atoms with E-state index in [1.165, 1.54) is 116 Å². The lowest BCUT2D eigenvalue weighted by Gasteiger charge is -2.34. The Kier molecular flexibility index (Phi) is 11.4. The first-order valence-electron chi connectivity index (χ1n) is 29.9. The number of para-hydroxylation sites is 1. The summed E-state index contributed by atoms with van der Waals surface area (Å²) < 4.78 is 2.42. The second-order valence-electron chi connectivity index (χ2n) is 23.1. The zero-order chi connectivity index (χ0) is 56.8. The van der Waals surface area contributed by atoms with Gasteiger partial charge in [-0.15, -0.1) is 0 Å². The molecule has 0 amide bonds. The van der Waals surface area contributed by atoms with Gasteiger partial charge < -0.3 is 9.47 Å². The number of rotatable bonds is 10. The van der Waals surface area contributed by atoms with Gasteiger partial charge in [-0.2, -0.15) is 0 Å². The molecule has 1 aromatic heterocycles. The summed E-state index contributed by atoms with van der Waals surface area (Å²) in [5.74, 6) is 0. The molecule has 86 heavy (non-hydrogen) atoms. The highest BCUT2D eigenvalue weighted by Gasteiger charge is 2.47. The second kappa shape index (κ2) is 19.8. The summed E-state index contributed by atoms with van der Waals surface area (Å²) in [6.07, 6.45) is 0. The zero-order valence-corrected chi connectivity index (χ0v) is 47.2. The van der Waals surface area contributed by atoms with Gasteiger partial charge in [-0.25, -0.2) is 0 Å². The van der Waals surface area contributed by atoms with Crippen molar-refractivity contribution in [1.82, 2.24) is 4.57 Å². The van der Waals surface area contributed by atoms with E-state index in [0.29, 0.717) is 0 Å². The van der Waals surface area contributed by atoms with Crippen LogP contribution in [0.25, 0.3) is 82.8 Å². The topological polar surface area (TPSA) is 8.17 Å². The highest BCUT2D eigenvalue weighted by atomic mass is 15.1. The van der Waals surface area contributed by atoms with Crippen molar-refractivity contribution < 1.29 is 0 Å². The molecule has 0 saturated heterocycles. The molecular formula is C84H56N2. The van der Waals surface area contributed by atoms with Crippen LogP contribution in [0.5, 0.6) is 0 Å². The first-order valence-corrected chi connectivity index (χ1v) is 29.9. The molecule has 0 saturated carbocycles. The molecule has 0 radical (unpaired) electrons. The third kappa shape index (κ3) is 7.46. The van der Waals surface area contributed by atoms with Gasteiger partial charge in [0.05, 0.1) is 21.9 Å². The molecule has 1 heterocycles. The zero-order valence-electron chi connectivity index (χ0n) is 47.2. The molecule has 402 valence electrons. The quantitative estimate of drug-likeness (QED) is 0.132. The summed E-state index contributed by atoms with van der Waals surface area (Å²) in [5.41, 5.74) is 26.0. The highest BCUT2D eigenvalue weighted by Crippen LogP contribution is 2.58. The fraction of sp³-hybridized carbons (Fsp3) is 0.0238. The fourth-order valence-electron chi connectivity index (χ4n) is 15.0. The fourth-order valence-corrected chi connectivity index (χ4v) is 15.0. The Hall–Kier alpha value is -11.1. The molecule has 2 heteroatoms. The lowest BCUT2D eigenvalue weighted by atomic mass is 9.67. The summed E-state index contributed by atoms with van der Waals surface area (Å²) in [5, 5.41) is 4.84. The van der Waals surface area contributed by atoms with Gasteiger partial charge in [-0.05, 0) is 173 Å². The van der Waals surface area contributed by atoms with Crippen LogP contribution < -0.4 is 4.90 Å². The highest BCUT2D eigenvalue weighted by molar-refractivity contribution is 6.12. The van der Waals surface area contributed by atoms with E-state index in [1.807, 2.05) is 0 Å². The van der Waals surface area contributed by atoms with Gasteiger partial charge in [0.15, 0.2) is 0 Å². The predicted octanol–water partition coefficient (Wildman–Crippen LogP) is 21.5. The molecule has 17 rings (SSSR count). The second-order valence-corrected chi connectivity index (χ2v) is 23.1. The van der Waals surface area contributed by atoms with E-state index in [1.54, 1.807) is 0 Å². The number of aromatic nitrogens is 1. The largest absolute Gasteiger partial charge is 0.310 e. The van der Waals surface area contributed by atoms with Crippen LogP contribution in [0.4, 0.5) is 17.1 Å². The van der Waals surface area contributed by atoms with Gasteiger partial charge in [-0.1, -0.05) is 267 Å². The van der Waals surface area contributed by atoms with Gasteiger partial charge >= 0.3 is 0 Å². The number of hydrogen-bond acceptors (Lipinski definition) is 1. The molecule has 0 N–H and O–H groups in total. The van der Waals surface area contributed by atoms with Crippen LogP contribution >= 0.6 is 0 Å². The molecule has 2 nitrogen and oxygen atoms in total. The Balaban J connectivity index is 0.763. The van der Waals surface area contributed by atoms with E-state index >= 15 is 0 Å². The molecule has 14 aromatic carbocycles. The Morgan fingerprint density at radius 1 is 0.233 bits per heavy atom. The smallest absolute Gasteiger partial charge is 0.0713 e. The average Bonchev–Trinajstić information content (AvgIpc) is 1.73. The van der Waals surface area contributed by atoms with Gasteiger partial charge in [0, 0.05) is 33.5 Å². The molecule has 0 bridgehead atoms. The maximum absolute atomic E-state index is 2.42. The minimum absolute atomic E-state index is 0.446. The van der Waals surface area contributed by atoms with Gasteiger partial charge in [-0.3, -0.25) is 0 Å². The van der Waals surface area contributed by atoms with Crippen molar-refractivity contribution in [3.8, 4) is 50.2 Å². The van der Waals surface area contributed by atoms with Crippen LogP contribution in [-0.4, -0.2) is 4.57 Å². The maximum Gasteiger partial charge on any atom is 0.0713 e. The molecule has 2 aliphatic carbocycles. The van der Waals surface area contributed by atoms with Crippen molar-refractivity contribution in [2.75, 3.05) is 4.90 Å². The van der Waals surface area contributed by atoms with Gasteiger partial charge in [0.1, 0.15) is 0 Å². The van der Waals surface area contributed by atoms with Crippen LogP contribution in [0.15, 0.2) is 340 Å². The summed E-state index contributed by atoms with van der Waals surface area (Å²) in [6.45, 7) is 0. The van der Waals surface area contributed by atoms with Crippen molar-refractivity contribution in [1.29, 1.82) is 0 Å². The third-order valence-electron chi connectivity index (χ3n) is 18.8. The summed E-state index contributed by atoms with van der Waals surface area (Å²) in [4.78, 5) is 2.41. The van der Waals surface area contributed by atoms with Crippen molar-refractivity contribution in [2.45, 2.75) is 10.8 Å². The molecule has 2 aliphatic rings. The summed E-state index contributed by atoms with van der Waals surface area (Å²) in [6, 6.07) is 126. The van der Waals surface area contributed by atoms with Gasteiger partial charge in [0.2, 0.25) is 0 Å². The Morgan fingerprint density at radius 2 is 0.570 bits per heavy atom. The van der Waals surface area contributed by atoms with Crippen LogP contribution in [0.3, 0.4) is 0 Å². The van der Waals surface area contributed by atoms with E-state index in [4.69, 9.17) is 0 Å². The summed E-state index contributed by atoms with van der Waals surface area (Å²) in [7, 11) is 0. The Labute approximate surface area is 501 Å². The molecule has 0 unspecified atom stereocenters. The van der Waals surface area contributed by atoms with Crippen LogP contribution in [0.1, 0.15) is 44.5 Å². The van der Waals surface area contributed by atoms with Crippen LogP contribution in [0.2, 0.25) is 0 Å². The van der Waals surface area contributed by atoms with Crippen molar-refractivity contribution in [3.05, 3.63) is 384 Å². The Morgan fingerprint density at radius 3 is 1.03 bits per heavy atom. The summed E-state index contributed by atoms with van der Waals surface area (Å²) >= 11 is 0. The number of fused-ring (bicyclic) bond motifs is 10. The van der Waals surface area contributed by atoms with Crippen molar-refractivity contribution in [3.63, 3.8) is 0 Å². The first kappa shape index (κ1) is 49.5. The van der Waals surface area contributed by atoms with E-state index in [9.17, 15) is 0 Å². The van der Waals surface area contributed by atoms with E-state index in [0.717, 1.165) is 28.3 Å². The van der Waals surface area contributed by atoms with E-state index in [2.05, 4.69) is 349 Å². The minimum Gasteiger partial charge on any atom is -0.310 e. The predicted molar refractivity (Wildman–Crippen MR) is 358 cm³/mol. The number of anilines is 3. The average molecular weight is 1090 g/mol. The normalized spacial score (nSPS) is 13.3. The SMILES string of the molecule is c1ccc(-n2c3ccc(-c4ccc(N(c5ccc(C6(c7ccccc7)c7ccccc7-c7ccccc76)cc5)c5ccc6ccccc6c5)cc4)cc3c3cc(-c4ccc(C5(c6ccccc6)c6ccccc6-c6ccccc65)cc4)ccc32)cc1. The van der Waals surface area contributed by atoms with E-state index < -0.39 is 10.8 Å². The Bertz CT molecular complexity index is 4990. The number of nitrogens with zero attached hydrogens (tertiary/aromatic N) is 2. The van der Waals surface area contributed by atoms with Crippen LogP contribution in [0, 0.1) is 0 Å². The minimum atomic E-state index is -0.479. The number of hydrogen-bond donors (Lipinski definition) is 0. The third-order valence-corrected chi connectivity index (χ3v) is 18.8. The maximum atomic E-state index is 2.42. The monoisotopic (exact) mass is 1090 g/mol. The molecule has 0 fully saturated rings. The molecule has 0 spiro atoms. The molecule has 15 aromatic rings. The van der Waals surface area contributed by atoms with Gasteiger partial charge in [0.25, 0.3) is 0 Å². The van der Waals surface area contributed by atoms with Crippen LogP contribution in [-0.2, 0) is 10.8 Å². The number of benzene rings is 14.